The van der Waals surface area contributed by atoms with Crippen molar-refractivity contribution in [3.05, 3.63) is 0 Å². The van der Waals surface area contributed by atoms with Gasteiger partial charge >= 0.3 is 0 Å². The SMILES string of the molecule is CCCCCC(NC)C(=O)N1CC(OC)C1. The summed E-state index contributed by atoms with van der Waals surface area (Å²) in [6.07, 6.45) is 4.70. The van der Waals surface area contributed by atoms with Crippen molar-refractivity contribution in [3.63, 3.8) is 0 Å². The molecule has 0 aliphatic carbocycles. The van der Waals surface area contributed by atoms with Crippen molar-refractivity contribution in [1.82, 2.24) is 10.2 Å². The molecule has 1 amide bonds. The molecule has 0 radical (unpaired) electrons. The van der Waals surface area contributed by atoms with Crippen LogP contribution < -0.4 is 5.32 Å². The molecule has 1 atom stereocenters. The van der Waals surface area contributed by atoms with Crippen LogP contribution in [0, 0.1) is 0 Å². The summed E-state index contributed by atoms with van der Waals surface area (Å²) in [7, 11) is 3.56. The van der Waals surface area contributed by atoms with Gasteiger partial charge in [-0.1, -0.05) is 26.2 Å². The molecule has 1 unspecified atom stereocenters. The Hall–Kier alpha value is -0.610. The lowest BCUT2D eigenvalue weighted by Crippen LogP contribution is -2.58. The van der Waals surface area contributed by atoms with Crippen LogP contribution in [0.5, 0.6) is 0 Å². The topological polar surface area (TPSA) is 41.6 Å². The number of carbonyl (C=O) groups excluding carboxylic acids is 1. The highest BCUT2D eigenvalue weighted by Gasteiger charge is 2.33. The van der Waals surface area contributed by atoms with Gasteiger partial charge in [-0.15, -0.1) is 0 Å². The molecule has 0 saturated carbocycles. The summed E-state index contributed by atoms with van der Waals surface area (Å²) in [6.45, 7) is 3.68. The van der Waals surface area contributed by atoms with Gasteiger partial charge in [0.2, 0.25) is 5.91 Å². The summed E-state index contributed by atoms with van der Waals surface area (Å²) < 4.78 is 5.16. The van der Waals surface area contributed by atoms with Crippen LogP contribution in [0.15, 0.2) is 0 Å². The van der Waals surface area contributed by atoms with Crippen molar-refractivity contribution in [1.29, 1.82) is 0 Å². The van der Waals surface area contributed by atoms with Crippen molar-refractivity contribution in [3.8, 4) is 0 Å². The summed E-state index contributed by atoms with van der Waals surface area (Å²) in [5.41, 5.74) is 0. The van der Waals surface area contributed by atoms with E-state index in [-0.39, 0.29) is 18.1 Å². The molecule has 1 aliphatic heterocycles. The maximum Gasteiger partial charge on any atom is 0.239 e. The van der Waals surface area contributed by atoms with Gasteiger partial charge in [-0.3, -0.25) is 4.79 Å². The Morgan fingerprint density at radius 1 is 1.50 bits per heavy atom. The largest absolute Gasteiger partial charge is 0.378 e. The van der Waals surface area contributed by atoms with E-state index in [0.717, 1.165) is 25.9 Å². The first-order valence-electron chi connectivity index (χ1n) is 6.21. The van der Waals surface area contributed by atoms with Crippen molar-refractivity contribution >= 4 is 5.91 Å². The molecule has 4 heteroatoms. The zero-order chi connectivity index (χ0) is 12.0. The van der Waals surface area contributed by atoms with Crippen LogP contribution in [0.3, 0.4) is 0 Å². The van der Waals surface area contributed by atoms with Crippen LogP contribution in [0.1, 0.15) is 32.6 Å². The molecule has 16 heavy (non-hydrogen) atoms. The zero-order valence-corrected chi connectivity index (χ0v) is 10.7. The van der Waals surface area contributed by atoms with E-state index in [2.05, 4.69) is 12.2 Å². The van der Waals surface area contributed by atoms with Gasteiger partial charge in [0, 0.05) is 20.2 Å². The average molecular weight is 228 g/mol. The standard InChI is InChI=1S/C12H24N2O2/c1-4-5-6-7-11(13-2)12(15)14-8-10(9-14)16-3/h10-11,13H,4-9H2,1-3H3. The first-order valence-corrected chi connectivity index (χ1v) is 6.21. The van der Waals surface area contributed by atoms with Gasteiger partial charge in [0.05, 0.1) is 12.1 Å². The van der Waals surface area contributed by atoms with Crippen LogP contribution in [0.25, 0.3) is 0 Å². The molecule has 1 N–H and O–H groups in total. The lowest BCUT2D eigenvalue weighted by molar-refractivity contribution is -0.145. The number of nitrogens with zero attached hydrogens (tertiary/aromatic N) is 1. The molecular formula is C12H24N2O2. The second-order valence-electron chi connectivity index (χ2n) is 4.44. The van der Waals surface area contributed by atoms with E-state index >= 15 is 0 Å². The summed E-state index contributed by atoms with van der Waals surface area (Å²) in [4.78, 5) is 13.9. The second-order valence-corrected chi connectivity index (χ2v) is 4.44. The van der Waals surface area contributed by atoms with E-state index < -0.39 is 0 Å². The van der Waals surface area contributed by atoms with Gasteiger partial charge in [-0.25, -0.2) is 0 Å². The van der Waals surface area contributed by atoms with E-state index in [9.17, 15) is 4.79 Å². The van der Waals surface area contributed by atoms with E-state index in [4.69, 9.17) is 4.74 Å². The molecule has 0 bridgehead atoms. The fourth-order valence-corrected chi connectivity index (χ4v) is 1.98. The number of methoxy groups -OCH3 is 1. The predicted octanol–water partition coefficient (Wildman–Crippen LogP) is 1.01. The predicted molar refractivity (Wildman–Crippen MR) is 64.4 cm³/mol. The number of likely N-dealkylation sites (N-methyl/N-ethyl adjacent to an activating group) is 1. The van der Waals surface area contributed by atoms with E-state index in [0.29, 0.717) is 0 Å². The van der Waals surface area contributed by atoms with Gasteiger partial charge in [-0.2, -0.15) is 0 Å². The normalized spacial score (nSPS) is 18.3. The smallest absolute Gasteiger partial charge is 0.239 e. The summed E-state index contributed by atoms with van der Waals surface area (Å²) in [5, 5.41) is 3.11. The van der Waals surface area contributed by atoms with Crippen molar-refractivity contribution in [2.75, 3.05) is 27.2 Å². The Bertz CT molecular complexity index is 215. The molecule has 0 aromatic carbocycles. The summed E-state index contributed by atoms with van der Waals surface area (Å²) in [6, 6.07) is -0.00986. The summed E-state index contributed by atoms with van der Waals surface area (Å²) in [5.74, 6) is 0.229. The number of hydrogen-bond donors (Lipinski definition) is 1. The quantitative estimate of drug-likeness (QED) is 0.661. The number of unbranched alkanes of at least 4 members (excludes halogenated alkanes) is 2. The zero-order valence-electron chi connectivity index (χ0n) is 10.7. The number of nitrogens with one attached hydrogen (secondary N) is 1. The molecule has 0 spiro atoms. The molecule has 0 aromatic heterocycles. The fourth-order valence-electron chi connectivity index (χ4n) is 1.98. The minimum absolute atomic E-state index is 0.00986. The Morgan fingerprint density at radius 3 is 2.69 bits per heavy atom. The van der Waals surface area contributed by atoms with Crippen molar-refractivity contribution < 1.29 is 9.53 Å². The highest BCUT2D eigenvalue weighted by Crippen LogP contribution is 2.14. The number of amides is 1. The lowest BCUT2D eigenvalue weighted by atomic mass is 10.0. The van der Waals surface area contributed by atoms with Crippen LogP contribution in [0.2, 0.25) is 0 Å². The molecule has 94 valence electrons. The number of carbonyl (C=O) groups is 1. The molecule has 1 heterocycles. The van der Waals surface area contributed by atoms with E-state index in [1.807, 2.05) is 11.9 Å². The van der Waals surface area contributed by atoms with Crippen LogP contribution >= 0.6 is 0 Å². The first kappa shape index (κ1) is 13.5. The van der Waals surface area contributed by atoms with Gasteiger partial charge < -0.3 is 15.0 Å². The molecule has 1 saturated heterocycles. The number of hydrogen-bond acceptors (Lipinski definition) is 3. The molecule has 1 rings (SSSR count). The molecular weight excluding hydrogens is 204 g/mol. The Balaban J connectivity index is 2.27. The highest BCUT2D eigenvalue weighted by molar-refractivity contribution is 5.82. The average Bonchev–Trinajstić information content (AvgIpc) is 2.23. The molecule has 1 fully saturated rings. The third kappa shape index (κ3) is 3.46. The molecule has 0 aromatic rings. The second kappa shape index (κ2) is 6.86. The van der Waals surface area contributed by atoms with Crippen LogP contribution in [-0.4, -0.2) is 50.2 Å². The maximum absolute atomic E-state index is 12.0. The third-order valence-electron chi connectivity index (χ3n) is 3.24. The van der Waals surface area contributed by atoms with Crippen molar-refractivity contribution in [2.45, 2.75) is 44.8 Å². The van der Waals surface area contributed by atoms with Gasteiger partial charge in [0.15, 0.2) is 0 Å². The minimum atomic E-state index is -0.00986. The summed E-state index contributed by atoms with van der Waals surface area (Å²) >= 11 is 0. The Morgan fingerprint density at radius 2 is 2.19 bits per heavy atom. The molecule has 4 nitrogen and oxygen atoms in total. The monoisotopic (exact) mass is 228 g/mol. The first-order chi connectivity index (χ1) is 7.72. The lowest BCUT2D eigenvalue weighted by Gasteiger charge is -2.40. The Labute approximate surface area is 98.3 Å². The van der Waals surface area contributed by atoms with Crippen molar-refractivity contribution in [2.24, 2.45) is 0 Å². The number of ether oxygens (including phenoxy) is 1. The number of likely N-dealkylation sites (tertiary alicyclic amines) is 1. The van der Waals surface area contributed by atoms with E-state index in [1.54, 1.807) is 7.11 Å². The van der Waals surface area contributed by atoms with Gasteiger partial charge in [0.25, 0.3) is 0 Å². The number of rotatable bonds is 7. The molecule has 1 aliphatic rings. The highest BCUT2D eigenvalue weighted by atomic mass is 16.5. The minimum Gasteiger partial charge on any atom is -0.378 e. The van der Waals surface area contributed by atoms with Crippen LogP contribution in [0.4, 0.5) is 0 Å². The van der Waals surface area contributed by atoms with Gasteiger partial charge in [-0.05, 0) is 13.5 Å². The fraction of sp³-hybridized carbons (Fsp3) is 0.917. The van der Waals surface area contributed by atoms with Crippen LogP contribution in [-0.2, 0) is 9.53 Å². The Kier molecular flexibility index (Phi) is 5.77. The maximum atomic E-state index is 12.0. The third-order valence-corrected chi connectivity index (χ3v) is 3.24. The van der Waals surface area contributed by atoms with Gasteiger partial charge in [0.1, 0.15) is 0 Å². The van der Waals surface area contributed by atoms with E-state index in [1.165, 1.54) is 12.8 Å².